The van der Waals surface area contributed by atoms with E-state index in [1.807, 2.05) is 0 Å². The number of unbranched alkanes of at least 4 members (excludes halogenated alkanes) is 1. The van der Waals surface area contributed by atoms with Crippen LogP contribution in [0.15, 0.2) is 30.3 Å². The lowest BCUT2D eigenvalue weighted by Crippen LogP contribution is -2.26. The lowest BCUT2D eigenvalue weighted by Gasteiger charge is -2.19. The van der Waals surface area contributed by atoms with Gasteiger partial charge >= 0.3 is 0 Å². The third kappa shape index (κ3) is 5.31. The summed E-state index contributed by atoms with van der Waals surface area (Å²) >= 11 is 0. The van der Waals surface area contributed by atoms with Gasteiger partial charge in [-0.2, -0.15) is 0 Å². The van der Waals surface area contributed by atoms with Gasteiger partial charge in [0, 0.05) is 32.7 Å². The first kappa shape index (κ1) is 14.5. The molecule has 1 atom stereocenters. The molecule has 3 heteroatoms. The van der Waals surface area contributed by atoms with E-state index in [9.17, 15) is 0 Å². The Morgan fingerprint density at radius 1 is 1.26 bits per heavy atom. The lowest BCUT2D eigenvalue weighted by atomic mass is 10.2. The molecule has 0 amide bonds. The number of rotatable bonds is 6. The highest BCUT2D eigenvalue weighted by Gasteiger charge is 2.17. The SMILES string of the molecule is CCCCOC1CCN(Cc2ccccc2)CCO1. The van der Waals surface area contributed by atoms with E-state index >= 15 is 0 Å². The highest BCUT2D eigenvalue weighted by molar-refractivity contribution is 5.14. The molecule has 1 unspecified atom stereocenters. The van der Waals surface area contributed by atoms with Crippen molar-refractivity contribution in [3.05, 3.63) is 35.9 Å². The molecule has 1 heterocycles. The van der Waals surface area contributed by atoms with Crippen LogP contribution in [0, 0.1) is 0 Å². The normalized spacial score (nSPS) is 21.2. The van der Waals surface area contributed by atoms with Crippen molar-refractivity contribution in [3.8, 4) is 0 Å². The van der Waals surface area contributed by atoms with Crippen molar-refractivity contribution in [1.29, 1.82) is 0 Å². The minimum absolute atomic E-state index is 0.00711. The Bertz CT molecular complexity index is 342. The molecule has 106 valence electrons. The van der Waals surface area contributed by atoms with E-state index in [0.29, 0.717) is 0 Å². The predicted octanol–water partition coefficient (Wildman–Crippen LogP) is 3.05. The Morgan fingerprint density at radius 3 is 2.89 bits per heavy atom. The van der Waals surface area contributed by atoms with Gasteiger partial charge in [0.2, 0.25) is 0 Å². The second-order valence-corrected chi connectivity index (χ2v) is 5.08. The van der Waals surface area contributed by atoms with E-state index < -0.39 is 0 Å². The Balaban J connectivity index is 1.74. The molecule has 0 radical (unpaired) electrons. The average molecular weight is 263 g/mol. The summed E-state index contributed by atoms with van der Waals surface area (Å²) in [5.74, 6) is 0. The summed E-state index contributed by atoms with van der Waals surface area (Å²) in [5.41, 5.74) is 1.37. The van der Waals surface area contributed by atoms with Crippen LogP contribution in [-0.2, 0) is 16.0 Å². The molecule has 0 bridgehead atoms. The molecule has 3 nitrogen and oxygen atoms in total. The minimum atomic E-state index is -0.00711. The molecule has 0 N–H and O–H groups in total. The second kappa shape index (κ2) is 8.31. The Morgan fingerprint density at radius 2 is 2.11 bits per heavy atom. The van der Waals surface area contributed by atoms with E-state index in [-0.39, 0.29) is 6.29 Å². The molecule has 1 aromatic rings. The number of ether oxygens (including phenoxy) is 2. The maximum Gasteiger partial charge on any atom is 0.158 e. The smallest absolute Gasteiger partial charge is 0.158 e. The quantitative estimate of drug-likeness (QED) is 0.736. The first-order valence-corrected chi connectivity index (χ1v) is 7.38. The standard InChI is InChI=1S/C16H25NO2/c1-2-3-12-18-16-9-10-17(11-13-19-16)14-15-7-5-4-6-8-15/h4-8,16H,2-3,9-14H2,1H3. The van der Waals surface area contributed by atoms with Crippen LogP contribution in [-0.4, -0.2) is 37.5 Å². The summed E-state index contributed by atoms with van der Waals surface area (Å²) in [6.07, 6.45) is 3.25. The first-order chi connectivity index (χ1) is 9.38. The molecule has 0 saturated carbocycles. The Kier molecular flexibility index (Phi) is 6.34. The largest absolute Gasteiger partial charge is 0.353 e. The van der Waals surface area contributed by atoms with Crippen LogP contribution in [0.25, 0.3) is 0 Å². The van der Waals surface area contributed by atoms with E-state index in [1.165, 1.54) is 12.0 Å². The van der Waals surface area contributed by atoms with Crippen LogP contribution in [0.2, 0.25) is 0 Å². The Hall–Kier alpha value is -0.900. The van der Waals surface area contributed by atoms with Crippen molar-refractivity contribution in [2.45, 2.75) is 39.0 Å². The van der Waals surface area contributed by atoms with Gasteiger partial charge in [-0.25, -0.2) is 0 Å². The van der Waals surface area contributed by atoms with Crippen molar-refractivity contribution in [2.24, 2.45) is 0 Å². The molecule has 19 heavy (non-hydrogen) atoms. The predicted molar refractivity (Wildman–Crippen MR) is 76.9 cm³/mol. The zero-order valence-electron chi connectivity index (χ0n) is 11.9. The maximum atomic E-state index is 5.75. The van der Waals surface area contributed by atoms with Gasteiger partial charge in [0.05, 0.1) is 6.61 Å². The van der Waals surface area contributed by atoms with Gasteiger partial charge in [-0.1, -0.05) is 43.7 Å². The number of hydrogen-bond donors (Lipinski definition) is 0. The summed E-state index contributed by atoms with van der Waals surface area (Å²) in [7, 11) is 0. The van der Waals surface area contributed by atoms with Crippen molar-refractivity contribution >= 4 is 0 Å². The Labute approximate surface area is 116 Å². The third-order valence-corrected chi connectivity index (χ3v) is 3.44. The molecule has 1 aliphatic rings. The topological polar surface area (TPSA) is 21.7 Å². The maximum absolute atomic E-state index is 5.75. The van der Waals surface area contributed by atoms with Crippen molar-refractivity contribution in [3.63, 3.8) is 0 Å². The van der Waals surface area contributed by atoms with Gasteiger partial charge in [0.15, 0.2) is 6.29 Å². The molecule has 1 aliphatic heterocycles. The molecule has 2 rings (SSSR count). The van der Waals surface area contributed by atoms with Crippen molar-refractivity contribution in [2.75, 3.05) is 26.3 Å². The first-order valence-electron chi connectivity index (χ1n) is 7.38. The fraction of sp³-hybridized carbons (Fsp3) is 0.625. The highest BCUT2D eigenvalue weighted by Crippen LogP contribution is 2.12. The molecular weight excluding hydrogens is 238 g/mol. The molecule has 0 aromatic heterocycles. The zero-order chi connectivity index (χ0) is 13.3. The average Bonchev–Trinajstić information content (AvgIpc) is 2.66. The number of nitrogens with zero attached hydrogens (tertiary/aromatic N) is 1. The van der Waals surface area contributed by atoms with Crippen LogP contribution < -0.4 is 0 Å². The number of hydrogen-bond acceptors (Lipinski definition) is 3. The molecule has 0 aliphatic carbocycles. The van der Waals surface area contributed by atoms with E-state index in [0.717, 1.165) is 45.7 Å². The lowest BCUT2D eigenvalue weighted by molar-refractivity contribution is -0.137. The van der Waals surface area contributed by atoms with Gasteiger partial charge in [0.25, 0.3) is 0 Å². The minimum Gasteiger partial charge on any atom is -0.353 e. The zero-order valence-corrected chi connectivity index (χ0v) is 11.9. The molecular formula is C16H25NO2. The molecule has 1 fully saturated rings. The van der Waals surface area contributed by atoms with E-state index in [2.05, 4.69) is 42.2 Å². The van der Waals surface area contributed by atoms with E-state index in [4.69, 9.17) is 9.47 Å². The van der Waals surface area contributed by atoms with Gasteiger partial charge < -0.3 is 9.47 Å². The van der Waals surface area contributed by atoms with Crippen LogP contribution >= 0.6 is 0 Å². The highest BCUT2D eigenvalue weighted by atomic mass is 16.7. The number of benzene rings is 1. The van der Waals surface area contributed by atoms with E-state index in [1.54, 1.807) is 0 Å². The molecule has 1 saturated heterocycles. The monoisotopic (exact) mass is 263 g/mol. The van der Waals surface area contributed by atoms with Crippen LogP contribution in [0.5, 0.6) is 0 Å². The van der Waals surface area contributed by atoms with Gasteiger partial charge in [-0.15, -0.1) is 0 Å². The van der Waals surface area contributed by atoms with Crippen molar-refractivity contribution < 1.29 is 9.47 Å². The van der Waals surface area contributed by atoms with Gasteiger partial charge in [0.1, 0.15) is 0 Å². The summed E-state index contributed by atoms with van der Waals surface area (Å²) in [4.78, 5) is 2.44. The third-order valence-electron chi connectivity index (χ3n) is 3.44. The summed E-state index contributed by atoms with van der Waals surface area (Å²) < 4.78 is 11.5. The summed E-state index contributed by atoms with van der Waals surface area (Å²) in [6.45, 7) is 6.81. The fourth-order valence-electron chi connectivity index (χ4n) is 2.29. The fourth-order valence-corrected chi connectivity index (χ4v) is 2.29. The van der Waals surface area contributed by atoms with Crippen LogP contribution in [0.4, 0.5) is 0 Å². The van der Waals surface area contributed by atoms with Crippen LogP contribution in [0.3, 0.4) is 0 Å². The summed E-state index contributed by atoms with van der Waals surface area (Å²) in [5, 5.41) is 0. The van der Waals surface area contributed by atoms with Gasteiger partial charge in [-0.3, -0.25) is 4.90 Å². The van der Waals surface area contributed by atoms with Crippen molar-refractivity contribution in [1.82, 2.24) is 4.90 Å². The molecule has 0 spiro atoms. The van der Waals surface area contributed by atoms with Gasteiger partial charge in [-0.05, 0) is 12.0 Å². The summed E-state index contributed by atoms with van der Waals surface area (Å²) in [6, 6.07) is 10.6. The second-order valence-electron chi connectivity index (χ2n) is 5.08. The molecule has 1 aromatic carbocycles. The van der Waals surface area contributed by atoms with Crippen LogP contribution in [0.1, 0.15) is 31.7 Å².